The molecule has 2 aromatic rings. The predicted octanol–water partition coefficient (Wildman–Crippen LogP) is 3.11. The van der Waals surface area contributed by atoms with Gasteiger partial charge < -0.3 is 15.4 Å². The van der Waals surface area contributed by atoms with Gasteiger partial charge in [0.15, 0.2) is 11.6 Å². The molecule has 0 aliphatic rings. The molecule has 0 heterocycles. The Morgan fingerprint density at radius 1 is 1.14 bits per heavy atom. The number of hydrogen-bond donors (Lipinski definition) is 1. The standard InChI is InChI=1S/C16H18F2N2O/c1-20(15-5-3-4-6-16(15)21-2)10-14(19)11-7-8-12(17)13(18)9-11/h3-9,14H,10,19H2,1-2H3. The fourth-order valence-corrected chi connectivity index (χ4v) is 2.19. The molecule has 0 saturated carbocycles. The number of ether oxygens (including phenoxy) is 1. The van der Waals surface area contributed by atoms with Crippen molar-refractivity contribution in [3.05, 3.63) is 59.7 Å². The van der Waals surface area contributed by atoms with Crippen LogP contribution < -0.4 is 15.4 Å². The summed E-state index contributed by atoms with van der Waals surface area (Å²) in [5.74, 6) is -1.02. The maximum absolute atomic E-state index is 13.3. The van der Waals surface area contributed by atoms with Gasteiger partial charge in [-0.15, -0.1) is 0 Å². The zero-order chi connectivity index (χ0) is 15.4. The van der Waals surface area contributed by atoms with Crippen molar-refractivity contribution < 1.29 is 13.5 Å². The summed E-state index contributed by atoms with van der Waals surface area (Å²) in [6.07, 6.45) is 0. The van der Waals surface area contributed by atoms with Crippen LogP contribution in [0.2, 0.25) is 0 Å². The Morgan fingerprint density at radius 3 is 2.52 bits per heavy atom. The quantitative estimate of drug-likeness (QED) is 0.920. The average molecular weight is 292 g/mol. The molecule has 0 aliphatic carbocycles. The van der Waals surface area contributed by atoms with Gasteiger partial charge in [-0.25, -0.2) is 8.78 Å². The molecule has 0 amide bonds. The van der Waals surface area contributed by atoms with Crippen molar-refractivity contribution in [1.29, 1.82) is 0 Å². The van der Waals surface area contributed by atoms with Crippen molar-refractivity contribution in [3.8, 4) is 5.75 Å². The molecule has 0 saturated heterocycles. The minimum atomic E-state index is -0.886. The maximum Gasteiger partial charge on any atom is 0.159 e. The topological polar surface area (TPSA) is 38.5 Å². The summed E-state index contributed by atoms with van der Waals surface area (Å²) in [5.41, 5.74) is 7.51. The van der Waals surface area contributed by atoms with E-state index in [1.807, 2.05) is 36.2 Å². The Hall–Kier alpha value is -2.14. The van der Waals surface area contributed by atoms with Crippen LogP contribution in [0.15, 0.2) is 42.5 Å². The van der Waals surface area contributed by atoms with E-state index in [1.165, 1.54) is 6.07 Å². The number of rotatable bonds is 5. The van der Waals surface area contributed by atoms with Crippen molar-refractivity contribution >= 4 is 5.69 Å². The van der Waals surface area contributed by atoms with Crippen LogP contribution in [0.1, 0.15) is 11.6 Å². The fourth-order valence-electron chi connectivity index (χ4n) is 2.19. The normalized spacial score (nSPS) is 12.0. The second kappa shape index (κ2) is 6.54. The van der Waals surface area contributed by atoms with Gasteiger partial charge in [-0.2, -0.15) is 0 Å². The molecule has 0 fully saturated rings. The second-order valence-electron chi connectivity index (χ2n) is 4.83. The van der Waals surface area contributed by atoms with E-state index in [9.17, 15) is 8.78 Å². The van der Waals surface area contributed by atoms with Crippen molar-refractivity contribution in [3.63, 3.8) is 0 Å². The van der Waals surface area contributed by atoms with E-state index in [0.717, 1.165) is 23.6 Å². The molecule has 5 heteroatoms. The van der Waals surface area contributed by atoms with Crippen LogP contribution in [0.3, 0.4) is 0 Å². The first kappa shape index (κ1) is 15.3. The van der Waals surface area contributed by atoms with Crippen molar-refractivity contribution in [2.75, 3.05) is 25.6 Å². The lowest BCUT2D eigenvalue weighted by atomic mass is 10.1. The lowest BCUT2D eigenvalue weighted by Gasteiger charge is -2.25. The molecule has 0 radical (unpaired) electrons. The summed E-state index contributed by atoms with van der Waals surface area (Å²) >= 11 is 0. The minimum absolute atomic E-state index is 0.435. The molecule has 112 valence electrons. The number of benzene rings is 2. The van der Waals surface area contributed by atoms with Gasteiger partial charge in [0.05, 0.1) is 12.8 Å². The van der Waals surface area contributed by atoms with Crippen LogP contribution in [0.4, 0.5) is 14.5 Å². The van der Waals surface area contributed by atoms with Crippen molar-refractivity contribution in [1.82, 2.24) is 0 Å². The molecule has 0 aliphatic heterocycles. The van der Waals surface area contributed by atoms with E-state index in [1.54, 1.807) is 7.11 Å². The number of likely N-dealkylation sites (N-methyl/N-ethyl adjacent to an activating group) is 1. The smallest absolute Gasteiger partial charge is 0.159 e. The first-order valence-electron chi connectivity index (χ1n) is 6.57. The van der Waals surface area contributed by atoms with Gasteiger partial charge in [0.1, 0.15) is 5.75 Å². The highest BCUT2D eigenvalue weighted by Gasteiger charge is 2.14. The summed E-state index contributed by atoms with van der Waals surface area (Å²) in [7, 11) is 3.47. The Morgan fingerprint density at radius 2 is 1.86 bits per heavy atom. The summed E-state index contributed by atoms with van der Waals surface area (Å²) in [6.45, 7) is 0.450. The Labute approximate surface area is 122 Å². The highest BCUT2D eigenvalue weighted by molar-refractivity contribution is 5.58. The number of halogens is 2. The fraction of sp³-hybridized carbons (Fsp3) is 0.250. The van der Waals surface area contributed by atoms with Crippen LogP contribution >= 0.6 is 0 Å². The SMILES string of the molecule is COc1ccccc1N(C)CC(N)c1ccc(F)c(F)c1. The molecule has 2 aromatic carbocycles. The largest absolute Gasteiger partial charge is 0.495 e. The van der Waals surface area contributed by atoms with E-state index in [4.69, 9.17) is 10.5 Å². The molecule has 2 rings (SSSR count). The number of hydrogen-bond acceptors (Lipinski definition) is 3. The molecule has 3 nitrogen and oxygen atoms in total. The van der Waals surface area contributed by atoms with Gasteiger partial charge in [-0.3, -0.25) is 0 Å². The third kappa shape index (κ3) is 3.49. The van der Waals surface area contributed by atoms with E-state index < -0.39 is 17.7 Å². The Bertz CT molecular complexity index is 619. The number of para-hydroxylation sites is 2. The second-order valence-corrected chi connectivity index (χ2v) is 4.83. The highest BCUT2D eigenvalue weighted by atomic mass is 19.2. The molecule has 0 spiro atoms. The first-order valence-corrected chi connectivity index (χ1v) is 6.57. The van der Waals surface area contributed by atoms with E-state index in [-0.39, 0.29) is 0 Å². The molecule has 0 aromatic heterocycles. The van der Waals surface area contributed by atoms with E-state index in [2.05, 4.69) is 0 Å². The van der Waals surface area contributed by atoms with Crippen molar-refractivity contribution in [2.24, 2.45) is 5.73 Å². The molecule has 1 unspecified atom stereocenters. The minimum Gasteiger partial charge on any atom is -0.495 e. The van der Waals surface area contributed by atoms with E-state index >= 15 is 0 Å². The average Bonchev–Trinajstić information content (AvgIpc) is 2.49. The monoisotopic (exact) mass is 292 g/mol. The highest BCUT2D eigenvalue weighted by Crippen LogP contribution is 2.27. The summed E-state index contributed by atoms with van der Waals surface area (Å²) in [6, 6.07) is 10.8. The number of nitrogens with two attached hydrogens (primary N) is 1. The van der Waals surface area contributed by atoms with Crippen LogP contribution in [-0.2, 0) is 0 Å². The van der Waals surface area contributed by atoms with Crippen LogP contribution in [0.25, 0.3) is 0 Å². The van der Waals surface area contributed by atoms with Crippen LogP contribution in [0.5, 0.6) is 5.75 Å². The molecule has 1 atom stereocenters. The van der Waals surface area contributed by atoms with Crippen LogP contribution in [-0.4, -0.2) is 20.7 Å². The maximum atomic E-state index is 13.3. The predicted molar refractivity (Wildman–Crippen MR) is 79.6 cm³/mol. The van der Waals surface area contributed by atoms with Gasteiger partial charge in [-0.05, 0) is 29.8 Å². The third-order valence-electron chi connectivity index (χ3n) is 3.34. The van der Waals surface area contributed by atoms with Gasteiger partial charge in [-0.1, -0.05) is 18.2 Å². The van der Waals surface area contributed by atoms with E-state index in [0.29, 0.717) is 12.1 Å². The van der Waals surface area contributed by atoms with Crippen LogP contribution in [0, 0.1) is 11.6 Å². The first-order chi connectivity index (χ1) is 10.0. The van der Waals surface area contributed by atoms with Crippen molar-refractivity contribution in [2.45, 2.75) is 6.04 Å². The zero-order valence-corrected chi connectivity index (χ0v) is 12.0. The number of anilines is 1. The summed E-state index contributed by atoms with van der Waals surface area (Å²) < 4.78 is 31.5. The molecular weight excluding hydrogens is 274 g/mol. The Kier molecular flexibility index (Phi) is 4.75. The molecular formula is C16H18F2N2O. The van der Waals surface area contributed by atoms with Gasteiger partial charge in [0.2, 0.25) is 0 Å². The third-order valence-corrected chi connectivity index (χ3v) is 3.34. The van der Waals surface area contributed by atoms with Gasteiger partial charge >= 0.3 is 0 Å². The lowest BCUT2D eigenvalue weighted by Crippen LogP contribution is -2.29. The molecule has 0 bridgehead atoms. The van der Waals surface area contributed by atoms with Gasteiger partial charge in [0, 0.05) is 19.6 Å². The Balaban J connectivity index is 2.14. The lowest BCUT2D eigenvalue weighted by molar-refractivity contribution is 0.414. The molecule has 2 N–H and O–H groups in total. The summed E-state index contributed by atoms with van der Waals surface area (Å²) in [5, 5.41) is 0. The number of nitrogens with zero attached hydrogens (tertiary/aromatic N) is 1. The zero-order valence-electron chi connectivity index (χ0n) is 12.0. The van der Waals surface area contributed by atoms with Gasteiger partial charge in [0.25, 0.3) is 0 Å². The molecule has 21 heavy (non-hydrogen) atoms. The summed E-state index contributed by atoms with van der Waals surface area (Å²) in [4.78, 5) is 1.92. The number of methoxy groups -OCH3 is 1.